The van der Waals surface area contributed by atoms with Crippen molar-refractivity contribution >= 4 is 40.6 Å². The zero-order chi connectivity index (χ0) is 64.6. The second kappa shape index (κ2) is 39.7. The fourth-order valence-electron chi connectivity index (χ4n) is 5.94. The Bertz CT molecular complexity index is 2780. The van der Waals surface area contributed by atoms with Gasteiger partial charge in [0.15, 0.2) is 52.2 Å². The molecule has 458 valence electrons. The van der Waals surface area contributed by atoms with E-state index < -0.39 is 51.3 Å². The molecular weight excluding hydrogens is 1080 g/mol. The molecule has 0 saturated carbocycles. The van der Waals surface area contributed by atoms with Gasteiger partial charge in [0.25, 0.3) is 5.69 Å². The average Bonchev–Trinajstić information content (AvgIpc) is 3.66. The molecule has 0 heterocycles. The molecule has 0 aliphatic rings. The molecule has 5 aromatic carbocycles. The smallest absolute Gasteiger partial charge is 0.308 e. The minimum atomic E-state index is -2.27. The molecule has 0 spiro atoms. The molecule has 0 aliphatic heterocycles. The number of hydrogen-bond acceptors (Lipinski definition) is 12. The van der Waals surface area contributed by atoms with E-state index >= 15 is 0 Å². The number of non-ortho nitro benzene ring substituents is 1. The van der Waals surface area contributed by atoms with Crippen LogP contribution in [0.15, 0.2) is 97.1 Å². The summed E-state index contributed by atoms with van der Waals surface area (Å²) in [6, 6.07) is 27.4. The largest absolute Gasteiger partial charge is 0.497 e. The van der Waals surface area contributed by atoms with Gasteiger partial charge in [0.1, 0.15) is 17.2 Å². The Morgan fingerprint density at radius 3 is 1.11 bits per heavy atom. The topological polar surface area (TPSA) is 182 Å². The highest BCUT2D eigenvalue weighted by Gasteiger charge is 2.30. The van der Waals surface area contributed by atoms with Crippen molar-refractivity contribution in [3.05, 3.63) is 164 Å². The van der Waals surface area contributed by atoms with Crippen LogP contribution < -0.4 is 14.2 Å². The highest BCUT2D eigenvalue weighted by atomic mass is 19.2. The molecule has 0 aliphatic carbocycles. The molecule has 0 radical (unpaired) electrons. The molecule has 0 N–H and O–H groups in total. The number of carbonyl (C=O) groups excluding carboxylic acids is 6. The first-order chi connectivity index (χ1) is 38.5. The maximum Gasteiger partial charge on any atom is 0.308 e. The Morgan fingerprint density at radius 2 is 0.783 bits per heavy atom. The molecule has 83 heavy (non-hydrogen) atoms. The zero-order valence-electron chi connectivity index (χ0n) is 51.8. The van der Waals surface area contributed by atoms with E-state index in [0.717, 1.165) is 22.8 Å². The van der Waals surface area contributed by atoms with E-state index in [1.807, 2.05) is 99.6 Å². The lowest BCUT2D eigenvalue weighted by atomic mass is 9.99. The van der Waals surface area contributed by atoms with E-state index in [0.29, 0.717) is 35.2 Å². The minimum Gasteiger partial charge on any atom is -0.497 e. The van der Waals surface area contributed by atoms with Gasteiger partial charge in [-0.15, -0.1) is 0 Å². The maximum absolute atomic E-state index is 13.1. The van der Waals surface area contributed by atoms with E-state index in [1.165, 1.54) is 38.1 Å². The monoisotopic (exact) mass is 1170 g/mol. The Morgan fingerprint density at radius 1 is 0.434 bits per heavy atom. The third-order valence-corrected chi connectivity index (χ3v) is 10.6. The van der Waals surface area contributed by atoms with Gasteiger partial charge in [-0.2, -0.15) is 0 Å². The Kier molecular flexibility index (Phi) is 37.1. The third kappa shape index (κ3) is 28.8. The molecule has 0 atom stereocenters. The predicted octanol–water partition coefficient (Wildman–Crippen LogP) is 16.8. The van der Waals surface area contributed by atoms with E-state index in [1.54, 1.807) is 77.6 Å². The standard InChI is InChI=1S/C12H16O3.C11H14O2.C10H7F5O.C10H11NO3.C10H12O.C8H16O2.C4H10/c1-8(2)12(13)10-6-5-9(14-3)7-11(10)15-4;1-8(2)11(12)9-4-6-10(13-3)7-5-9;1-3(2)10(16)4-5(11)7(13)9(15)8(14)6(4)12;1-7(2)10(12)8-3-5-9(6-4-8)11(13)14;1-8(2)10(11)9-6-4-3-5-7-9;1-6(2)5-10-8(9)7(3)4;1-4(2)3/h5-8H,1-4H3;4-8H,1-3H3;3H,1-2H3;3-7H,1-2H3;3-8H,1-2H3;6-7H,5H2,1-4H3;4H,1-3H3. The number of nitro benzene ring substituents is 1. The lowest BCUT2D eigenvalue weighted by Crippen LogP contribution is -2.16. The number of Topliss-reactive ketones (excluding diaryl/α,β-unsaturated/α-hetero) is 5. The number of halogens is 5. The highest BCUT2D eigenvalue weighted by Crippen LogP contribution is 2.27. The number of rotatable bonds is 17. The highest BCUT2D eigenvalue weighted by molar-refractivity contribution is 6.00. The summed E-state index contributed by atoms with van der Waals surface area (Å²) in [6.45, 7) is 32.3. The van der Waals surface area contributed by atoms with Gasteiger partial charge >= 0.3 is 5.97 Å². The van der Waals surface area contributed by atoms with Gasteiger partial charge in [-0.1, -0.05) is 148 Å². The Balaban J connectivity index is 0. The zero-order valence-corrected chi connectivity index (χ0v) is 51.8. The molecule has 18 heteroatoms. The third-order valence-electron chi connectivity index (χ3n) is 10.6. The molecule has 0 amide bonds. The number of hydrogen-bond donors (Lipinski definition) is 0. The first-order valence-corrected chi connectivity index (χ1v) is 27.1. The van der Waals surface area contributed by atoms with Gasteiger partial charge in [-0.05, 0) is 60.4 Å². The van der Waals surface area contributed by atoms with Gasteiger partial charge in [-0.25, -0.2) is 22.0 Å². The molecule has 5 aromatic rings. The number of carbonyl (C=O) groups is 6. The molecule has 0 saturated heterocycles. The SMILES string of the molecule is CC(C)C.CC(C)C(=O)c1c(F)c(F)c(F)c(F)c1F.CC(C)C(=O)c1ccc([N+](=O)[O-])cc1.CC(C)C(=O)c1ccccc1.CC(C)COC(=O)C(C)C.COc1ccc(C(=O)C(C)C)c(OC)c1.COc1ccc(C(=O)C(C)C)cc1. The van der Waals surface area contributed by atoms with Crippen LogP contribution in [0.25, 0.3) is 0 Å². The quantitative estimate of drug-likeness (QED) is 0.0164. The van der Waals surface area contributed by atoms with Gasteiger partial charge in [0.05, 0.1) is 49.9 Å². The van der Waals surface area contributed by atoms with Crippen molar-refractivity contribution in [2.45, 2.75) is 118 Å². The number of benzene rings is 5. The van der Waals surface area contributed by atoms with Gasteiger partial charge in [-0.3, -0.25) is 38.9 Å². The lowest BCUT2D eigenvalue weighted by molar-refractivity contribution is -0.384. The molecule has 5 rings (SSSR count). The van der Waals surface area contributed by atoms with Crippen molar-refractivity contribution in [2.75, 3.05) is 27.9 Å². The van der Waals surface area contributed by atoms with Crippen molar-refractivity contribution in [1.82, 2.24) is 0 Å². The second-order valence-corrected chi connectivity index (χ2v) is 21.4. The predicted molar refractivity (Wildman–Crippen MR) is 315 cm³/mol. The van der Waals surface area contributed by atoms with Gasteiger partial charge in [0, 0.05) is 64.5 Å². The van der Waals surface area contributed by atoms with Gasteiger partial charge in [0.2, 0.25) is 5.82 Å². The second-order valence-electron chi connectivity index (χ2n) is 21.4. The van der Waals surface area contributed by atoms with Crippen LogP contribution in [0.3, 0.4) is 0 Å². The van der Waals surface area contributed by atoms with Crippen molar-refractivity contribution < 1.29 is 74.6 Å². The number of nitrogens with zero attached hydrogens (tertiary/aromatic N) is 1. The first kappa shape index (κ1) is 77.4. The maximum atomic E-state index is 13.1. The van der Waals surface area contributed by atoms with E-state index in [-0.39, 0.29) is 64.4 Å². The Hall–Kier alpha value is -7.63. The summed E-state index contributed by atoms with van der Waals surface area (Å²) in [4.78, 5) is 78.1. The van der Waals surface area contributed by atoms with Gasteiger partial charge < -0.3 is 18.9 Å². The van der Waals surface area contributed by atoms with Crippen LogP contribution in [0.5, 0.6) is 17.2 Å². The number of esters is 1. The molecule has 13 nitrogen and oxygen atoms in total. The molecular formula is C65H86F5NO12. The first-order valence-electron chi connectivity index (χ1n) is 27.1. The fourth-order valence-corrected chi connectivity index (χ4v) is 5.94. The summed E-state index contributed by atoms with van der Waals surface area (Å²) >= 11 is 0. The fraction of sp³-hybridized carbons (Fsp3) is 0.446. The number of ketones is 5. The van der Waals surface area contributed by atoms with Crippen LogP contribution in [0, 0.1) is 86.5 Å². The van der Waals surface area contributed by atoms with Crippen molar-refractivity contribution in [3.8, 4) is 17.2 Å². The van der Waals surface area contributed by atoms with Crippen LogP contribution in [-0.2, 0) is 9.53 Å². The van der Waals surface area contributed by atoms with Crippen LogP contribution in [0.1, 0.15) is 169 Å². The Labute approximate surface area is 487 Å². The molecule has 0 aromatic heterocycles. The van der Waals surface area contributed by atoms with Crippen LogP contribution in [0.4, 0.5) is 27.6 Å². The van der Waals surface area contributed by atoms with Crippen molar-refractivity contribution in [2.24, 2.45) is 47.3 Å². The summed E-state index contributed by atoms with van der Waals surface area (Å²) < 4.78 is 84.3. The van der Waals surface area contributed by atoms with Crippen molar-refractivity contribution in [3.63, 3.8) is 0 Å². The average molecular weight is 1170 g/mol. The van der Waals surface area contributed by atoms with E-state index in [9.17, 15) is 60.8 Å². The minimum absolute atomic E-state index is 0.0000945. The van der Waals surface area contributed by atoms with E-state index in [4.69, 9.17) is 18.9 Å². The summed E-state index contributed by atoms with van der Waals surface area (Å²) in [5.74, 6) is -8.99. The summed E-state index contributed by atoms with van der Waals surface area (Å²) in [5, 5.41) is 10.3. The molecule has 0 fully saturated rings. The number of ether oxygens (including phenoxy) is 4. The normalized spacial score (nSPS) is 10.3. The van der Waals surface area contributed by atoms with Crippen molar-refractivity contribution in [1.29, 1.82) is 0 Å². The molecule has 0 unspecified atom stereocenters. The number of nitro groups is 1. The summed E-state index contributed by atoms with van der Waals surface area (Å²) in [5.41, 5.74) is 1.30. The molecule has 0 bridgehead atoms. The number of methoxy groups -OCH3 is 3. The summed E-state index contributed by atoms with van der Waals surface area (Å²) in [6.07, 6.45) is 0. The van der Waals surface area contributed by atoms with E-state index in [2.05, 4.69) is 20.8 Å². The van der Waals surface area contributed by atoms with Crippen LogP contribution in [-0.4, -0.2) is 67.7 Å². The lowest BCUT2D eigenvalue weighted by Gasteiger charge is -2.10. The summed E-state index contributed by atoms with van der Waals surface area (Å²) in [7, 11) is 4.74. The van der Waals surface area contributed by atoms with Crippen LogP contribution in [0.2, 0.25) is 0 Å². The van der Waals surface area contributed by atoms with Crippen LogP contribution >= 0.6 is 0 Å².